The van der Waals surface area contributed by atoms with Gasteiger partial charge in [0.1, 0.15) is 0 Å². The number of pyridine rings is 1. The molecule has 2 aromatic carbocycles. The molecule has 0 radical (unpaired) electrons. The molecule has 0 spiro atoms. The number of nitrogens with zero attached hydrogens (tertiary/aromatic N) is 2. The van der Waals surface area contributed by atoms with Gasteiger partial charge in [-0.1, -0.05) is 48.0 Å². The minimum atomic E-state index is -0.0663. The Hall–Kier alpha value is -2.98. The van der Waals surface area contributed by atoms with Gasteiger partial charge in [-0.15, -0.1) is 0 Å². The van der Waals surface area contributed by atoms with Gasteiger partial charge in [0.05, 0.1) is 12.1 Å². The van der Waals surface area contributed by atoms with Gasteiger partial charge >= 0.3 is 0 Å². The molecule has 1 aromatic heterocycles. The lowest BCUT2D eigenvalue weighted by Crippen LogP contribution is -2.15. The third kappa shape index (κ3) is 3.91. The molecule has 0 atom stereocenters. The number of aromatic nitrogens is 1. The molecule has 134 valence electrons. The Labute approximate surface area is 162 Å². The maximum Gasteiger partial charge on any atom is 0.228 e. The number of aliphatic imine (C=N–C) groups is 1. The number of nitrogens with one attached hydrogen (secondary N) is 1. The average molecular weight is 376 g/mol. The van der Waals surface area contributed by atoms with Gasteiger partial charge < -0.3 is 5.32 Å². The molecule has 4 nitrogen and oxygen atoms in total. The second kappa shape index (κ2) is 7.33. The third-order valence-corrected chi connectivity index (χ3v) is 4.78. The Morgan fingerprint density at radius 2 is 1.96 bits per heavy atom. The van der Waals surface area contributed by atoms with E-state index in [-0.39, 0.29) is 5.91 Å². The van der Waals surface area contributed by atoms with Crippen LogP contribution in [0.3, 0.4) is 0 Å². The SMILES string of the molecule is Cc1cnc2c(c1)CC(c1cc(NC(=O)Cc3ccccc3)ccc1Cl)=N2. The van der Waals surface area contributed by atoms with E-state index in [0.29, 0.717) is 23.6 Å². The van der Waals surface area contributed by atoms with Crippen molar-refractivity contribution in [3.63, 3.8) is 0 Å². The average Bonchev–Trinajstić information content (AvgIpc) is 3.07. The van der Waals surface area contributed by atoms with Crippen molar-refractivity contribution in [3.8, 4) is 0 Å². The number of halogens is 1. The number of aryl methyl sites for hydroxylation is 1. The van der Waals surface area contributed by atoms with Crippen LogP contribution in [-0.4, -0.2) is 16.6 Å². The van der Waals surface area contributed by atoms with E-state index in [1.807, 2.05) is 49.5 Å². The van der Waals surface area contributed by atoms with Crippen LogP contribution in [0.15, 0.2) is 65.8 Å². The highest BCUT2D eigenvalue weighted by Crippen LogP contribution is 2.31. The number of hydrogen-bond acceptors (Lipinski definition) is 3. The van der Waals surface area contributed by atoms with Crippen molar-refractivity contribution >= 4 is 34.7 Å². The van der Waals surface area contributed by atoms with Gasteiger partial charge in [0.15, 0.2) is 5.82 Å². The summed E-state index contributed by atoms with van der Waals surface area (Å²) in [6.07, 6.45) is 2.83. The number of carbonyl (C=O) groups excluding carboxylic acids is 1. The lowest BCUT2D eigenvalue weighted by atomic mass is 10.0. The highest BCUT2D eigenvalue weighted by molar-refractivity contribution is 6.34. The Balaban J connectivity index is 1.53. The van der Waals surface area contributed by atoms with Gasteiger partial charge in [0, 0.05) is 34.5 Å². The van der Waals surface area contributed by atoms with Crippen molar-refractivity contribution in [1.29, 1.82) is 0 Å². The predicted molar refractivity (Wildman–Crippen MR) is 109 cm³/mol. The molecule has 1 amide bonds. The second-order valence-corrected chi connectivity index (χ2v) is 7.04. The molecule has 0 bridgehead atoms. The Morgan fingerprint density at radius 1 is 1.15 bits per heavy atom. The standard InChI is InChI=1S/C22H18ClN3O/c1-14-9-16-11-20(26-22(16)24-13-14)18-12-17(7-8-19(18)23)25-21(27)10-15-5-3-2-4-6-15/h2-9,12-13H,10-11H2,1H3,(H,25,27). The molecule has 5 heteroatoms. The maximum absolute atomic E-state index is 12.3. The van der Waals surface area contributed by atoms with E-state index < -0.39 is 0 Å². The second-order valence-electron chi connectivity index (χ2n) is 6.64. The number of anilines is 1. The molecule has 0 unspecified atom stereocenters. The normalized spacial score (nSPS) is 12.4. The first-order chi connectivity index (χ1) is 13.1. The fourth-order valence-corrected chi connectivity index (χ4v) is 3.39. The zero-order chi connectivity index (χ0) is 18.8. The highest BCUT2D eigenvalue weighted by atomic mass is 35.5. The summed E-state index contributed by atoms with van der Waals surface area (Å²) in [6.45, 7) is 2.02. The fourth-order valence-electron chi connectivity index (χ4n) is 3.17. The van der Waals surface area contributed by atoms with Crippen LogP contribution in [0.4, 0.5) is 11.5 Å². The van der Waals surface area contributed by atoms with E-state index in [1.165, 1.54) is 0 Å². The van der Waals surface area contributed by atoms with Crippen molar-refractivity contribution in [2.45, 2.75) is 19.8 Å². The van der Waals surface area contributed by atoms with Crippen LogP contribution in [0.5, 0.6) is 0 Å². The van der Waals surface area contributed by atoms with Gasteiger partial charge in [-0.05, 0) is 36.2 Å². The summed E-state index contributed by atoms with van der Waals surface area (Å²) in [6, 6.07) is 17.2. The molecular formula is C22H18ClN3O. The van der Waals surface area contributed by atoms with Crippen LogP contribution in [0, 0.1) is 6.92 Å². The molecule has 1 N–H and O–H groups in total. The number of fused-ring (bicyclic) bond motifs is 1. The van der Waals surface area contributed by atoms with E-state index in [0.717, 1.165) is 33.8 Å². The molecule has 27 heavy (non-hydrogen) atoms. The van der Waals surface area contributed by atoms with Crippen molar-refractivity contribution in [2.24, 2.45) is 4.99 Å². The lowest BCUT2D eigenvalue weighted by molar-refractivity contribution is -0.115. The molecule has 0 fully saturated rings. The van der Waals surface area contributed by atoms with E-state index in [2.05, 4.69) is 21.4 Å². The molecule has 3 aromatic rings. The number of hydrogen-bond donors (Lipinski definition) is 1. The topological polar surface area (TPSA) is 54.4 Å². The summed E-state index contributed by atoms with van der Waals surface area (Å²) in [5.41, 5.74) is 5.58. The first-order valence-corrected chi connectivity index (χ1v) is 9.13. The summed E-state index contributed by atoms with van der Waals surface area (Å²) in [5.74, 6) is 0.675. The quantitative estimate of drug-likeness (QED) is 0.705. The predicted octanol–water partition coefficient (Wildman–Crippen LogP) is 4.90. The highest BCUT2D eigenvalue weighted by Gasteiger charge is 2.20. The van der Waals surface area contributed by atoms with Gasteiger partial charge in [-0.3, -0.25) is 4.79 Å². The molecule has 0 aliphatic carbocycles. The van der Waals surface area contributed by atoms with Crippen LogP contribution in [0.1, 0.15) is 22.3 Å². The van der Waals surface area contributed by atoms with Crippen molar-refractivity contribution in [1.82, 2.24) is 4.98 Å². The number of carbonyl (C=O) groups is 1. The minimum absolute atomic E-state index is 0.0663. The Morgan fingerprint density at radius 3 is 2.78 bits per heavy atom. The van der Waals surface area contributed by atoms with Gasteiger partial charge in [0.25, 0.3) is 0 Å². The monoisotopic (exact) mass is 375 g/mol. The zero-order valence-electron chi connectivity index (χ0n) is 14.9. The van der Waals surface area contributed by atoms with Crippen molar-refractivity contribution in [3.05, 3.63) is 88.1 Å². The van der Waals surface area contributed by atoms with Crippen LogP contribution in [0.25, 0.3) is 0 Å². The first kappa shape index (κ1) is 17.4. The maximum atomic E-state index is 12.3. The third-order valence-electron chi connectivity index (χ3n) is 4.45. The van der Waals surface area contributed by atoms with Crippen molar-refractivity contribution < 1.29 is 4.79 Å². The molecule has 1 aliphatic rings. The number of rotatable bonds is 4. The number of amides is 1. The molecule has 1 aliphatic heterocycles. The van der Waals surface area contributed by atoms with Gasteiger partial charge in [-0.25, -0.2) is 9.98 Å². The molecule has 4 rings (SSSR count). The lowest BCUT2D eigenvalue weighted by Gasteiger charge is -2.09. The summed E-state index contributed by atoms with van der Waals surface area (Å²) in [4.78, 5) is 21.3. The van der Waals surface area contributed by atoms with Crippen LogP contribution in [0.2, 0.25) is 5.02 Å². The molecule has 0 saturated heterocycles. The van der Waals surface area contributed by atoms with Crippen LogP contribution >= 0.6 is 11.6 Å². The van der Waals surface area contributed by atoms with Crippen LogP contribution < -0.4 is 5.32 Å². The Bertz CT molecular complexity index is 1040. The molecule has 0 saturated carbocycles. The first-order valence-electron chi connectivity index (χ1n) is 8.75. The largest absolute Gasteiger partial charge is 0.326 e. The van der Waals surface area contributed by atoms with E-state index in [9.17, 15) is 4.79 Å². The van der Waals surface area contributed by atoms with Gasteiger partial charge in [-0.2, -0.15) is 0 Å². The Kier molecular flexibility index (Phi) is 4.73. The van der Waals surface area contributed by atoms with Crippen LogP contribution in [-0.2, 0) is 17.6 Å². The zero-order valence-corrected chi connectivity index (χ0v) is 15.6. The smallest absolute Gasteiger partial charge is 0.228 e. The van der Waals surface area contributed by atoms with E-state index >= 15 is 0 Å². The number of benzene rings is 2. The summed E-state index contributed by atoms with van der Waals surface area (Å²) in [7, 11) is 0. The van der Waals surface area contributed by atoms with E-state index in [1.54, 1.807) is 12.1 Å². The van der Waals surface area contributed by atoms with E-state index in [4.69, 9.17) is 11.6 Å². The minimum Gasteiger partial charge on any atom is -0.326 e. The fraction of sp³-hybridized carbons (Fsp3) is 0.136. The summed E-state index contributed by atoms with van der Waals surface area (Å²) < 4.78 is 0. The van der Waals surface area contributed by atoms with Gasteiger partial charge in [0.2, 0.25) is 5.91 Å². The summed E-state index contributed by atoms with van der Waals surface area (Å²) in [5, 5.41) is 3.55. The van der Waals surface area contributed by atoms with Crippen molar-refractivity contribution in [2.75, 3.05) is 5.32 Å². The summed E-state index contributed by atoms with van der Waals surface area (Å²) >= 11 is 6.40. The molecular weight excluding hydrogens is 358 g/mol. The molecule has 2 heterocycles.